The molecule has 0 fully saturated rings. The zero-order valence-corrected chi connectivity index (χ0v) is 9.57. The summed E-state index contributed by atoms with van der Waals surface area (Å²) < 4.78 is 0. The van der Waals surface area contributed by atoms with E-state index in [1.165, 1.54) is 0 Å². The number of hydrogen-bond acceptors (Lipinski definition) is 3. The zero-order valence-electron chi connectivity index (χ0n) is 9.57. The Morgan fingerprint density at radius 2 is 2.12 bits per heavy atom. The topological polar surface area (TPSA) is 60.9 Å². The summed E-state index contributed by atoms with van der Waals surface area (Å²) in [7, 11) is 0. The van der Waals surface area contributed by atoms with Crippen molar-refractivity contribution in [1.82, 2.24) is 9.97 Å². The van der Waals surface area contributed by atoms with Gasteiger partial charge in [-0.2, -0.15) is 0 Å². The Morgan fingerprint density at radius 1 is 1.38 bits per heavy atom. The molecule has 0 aliphatic rings. The number of benzene rings is 1. The van der Waals surface area contributed by atoms with Gasteiger partial charge in [0.15, 0.2) is 0 Å². The number of aromatic amines is 1. The quantitative estimate of drug-likeness (QED) is 0.737. The molecule has 1 unspecified atom stereocenters. The number of imidazole rings is 1. The van der Waals surface area contributed by atoms with E-state index in [4.69, 9.17) is 0 Å². The maximum atomic E-state index is 9.23. The predicted octanol–water partition coefficient (Wildman–Crippen LogP) is 1.99. The van der Waals surface area contributed by atoms with Crippen LogP contribution in [-0.2, 0) is 0 Å². The number of fused-ring (bicyclic) bond motifs is 1. The third kappa shape index (κ3) is 2.17. The van der Waals surface area contributed by atoms with Gasteiger partial charge in [-0.15, -0.1) is 0 Å². The Kier molecular flexibility index (Phi) is 3.10. The van der Waals surface area contributed by atoms with E-state index in [9.17, 15) is 5.11 Å². The van der Waals surface area contributed by atoms with Gasteiger partial charge in [0.2, 0.25) is 5.95 Å². The van der Waals surface area contributed by atoms with E-state index in [-0.39, 0.29) is 12.6 Å². The summed E-state index contributed by atoms with van der Waals surface area (Å²) in [4.78, 5) is 7.59. The van der Waals surface area contributed by atoms with E-state index in [0.717, 1.165) is 11.0 Å². The van der Waals surface area contributed by atoms with Crippen LogP contribution in [-0.4, -0.2) is 27.7 Å². The van der Waals surface area contributed by atoms with Crippen LogP contribution in [0.25, 0.3) is 11.0 Å². The van der Waals surface area contributed by atoms with E-state index >= 15 is 0 Å². The van der Waals surface area contributed by atoms with Crippen LogP contribution in [0, 0.1) is 5.92 Å². The van der Waals surface area contributed by atoms with Gasteiger partial charge in [-0.05, 0) is 18.1 Å². The van der Waals surface area contributed by atoms with Gasteiger partial charge in [-0.25, -0.2) is 4.98 Å². The molecule has 2 rings (SSSR count). The minimum Gasteiger partial charge on any atom is -0.394 e. The standard InChI is InChI=1S/C12H17N3O/c1-8(2)11(7-16)15-12-13-9-5-3-4-6-10(9)14-12/h3-6,8,11,16H,7H2,1-2H3,(H2,13,14,15). The van der Waals surface area contributed by atoms with E-state index in [0.29, 0.717) is 11.9 Å². The van der Waals surface area contributed by atoms with Crippen molar-refractivity contribution in [3.8, 4) is 0 Å². The molecule has 2 aromatic rings. The van der Waals surface area contributed by atoms with Gasteiger partial charge in [0, 0.05) is 0 Å². The second-order valence-electron chi connectivity index (χ2n) is 4.28. The van der Waals surface area contributed by atoms with Crippen molar-refractivity contribution in [2.45, 2.75) is 19.9 Å². The van der Waals surface area contributed by atoms with Crippen LogP contribution in [0.1, 0.15) is 13.8 Å². The number of nitrogens with zero attached hydrogens (tertiary/aromatic N) is 1. The number of nitrogens with one attached hydrogen (secondary N) is 2. The van der Waals surface area contributed by atoms with Crippen molar-refractivity contribution < 1.29 is 5.11 Å². The lowest BCUT2D eigenvalue weighted by Crippen LogP contribution is -2.29. The highest BCUT2D eigenvalue weighted by Crippen LogP contribution is 2.15. The highest BCUT2D eigenvalue weighted by molar-refractivity contribution is 5.77. The molecule has 16 heavy (non-hydrogen) atoms. The Hall–Kier alpha value is -1.55. The second-order valence-corrected chi connectivity index (χ2v) is 4.28. The first kappa shape index (κ1) is 11.0. The maximum Gasteiger partial charge on any atom is 0.201 e. The number of aromatic nitrogens is 2. The molecule has 1 heterocycles. The molecule has 0 radical (unpaired) electrons. The average molecular weight is 219 g/mol. The lowest BCUT2D eigenvalue weighted by Gasteiger charge is -2.18. The van der Waals surface area contributed by atoms with Crippen LogP contribution in [0.2, 0.25) is 0 Å². The van der Waals surface area contributed by atoms with Crippen molar-refractivity contribution in [3.63, 3.8) is 0 Å². The van der Waals surface area contributed by atoms with E-state index in [1.54, 1.807) is 0 Å². The van der Waals surface area contributed by atoms with Crippen molar-refractivity contribution in [2.24, 2.45) is 5.92 Å². The normalized spacial score (nSPS) is 13.2. The first-order valence-electron chi connectivity index (χ1n) is 5.53. The fourth-order valence-corrected chi connectivity index (χ4v) is 1.62. The summed E-state index contributed by atoms with van der Waals surface area (Å²) in [5, 5.41) is 12.4. The largest absolute Gasteiger partial charge is 0.394 e. The van der Waals surface area contributed by atoms with Gasteiger partial charge in [0.25, 0.3) is 0 Å². The van der Waals surface area contributed by atoms with Crippen molar-refractivity contribution in [2.75, 3.05) is 11.9 Å². The molecule has 1 atom stereocenters. The third-order valence-electron chi connectivity index (χ3n) is 2.71. The van der Waals surface area contributed by atoms with Crippen molar-refractivity contribution in [3.05, 3.63) is 24.3 Å². The number of para-hydroxylation sites is 2. The zero-order chi connectivity index (χ0) is 11.5. The van der Waals surface area contributed by atoms with Gasteiger partial charge in [0.1, 0.15) is 0 Å². The average Bonchev–Trinajstić information content (AvgIpc) is 2.67. The number of anilines is 1. The first-order valence-corrected chi connectivity index (χ1v) is 5.53. The van der Waals surface area contributed by atoms with Crippen LogP contribution in [0.3, 0.4) is 0 Å². The van der Waals surface area contributed by atoms with Crippen LogP contribution >= 0.6 is 0 Å². The molecule has 1 aromatic carbocycles. The fourth-order valence-electron chi connectivity index (χ4n) is 1.62. The minimum atomic E-state index is 0.0283. The summed E-state index contributed by atoms with van der Waals surface area (Å²) in [5.41, 5.74) is 1.94. The Labute approximate surface area is 94.7 Å². The maximum absolute atomic E-state index is 9.23. The van der Waals surface area contributed by atoms with Crippen LogP contribution in [0.5, 0.6) is 0 Å². The lowest BCUT2D eigenvalue weighted by atomic mass is 10.1. The molecule has 0 amide bonds. The summed E-state index contributed by atoms with van der Waals surface area (Å²) in [5.74, 6) is 1.08. The van der Waals surface area contributed by atoms with Gasteiger partial charge >= 0.3 is 0 Å². The number of H-pyrrole nitrogens is 1. The number of hydrogen-bond donors (Lipinski definition) is 3. The number of aliphatic hydroxyl groups is 1. The monoisotopic (exact) mass is 219 g/mol. The highest BCUT2D eigenvalue weighted by atomic mass is 16.3. The van der Waals surface area contributed by atoms with Crippen molar-refractivity contribution >= 4 is 17.0 Å². The molecule has 4 nitrogen and oxygen atoms in total. The molecule has 4 heteroatoms. The molecule has 0 aliphatic heterocycles. The molecule has 0 bridgehead atoms. The van der Waals surface area contributed by atoms with Crippen LogP contribution < -0.4 is 5.32 Å². The molecular formula is C12H17N3O. The van der Waals surface area contributed by atoms with Crippen molar-refractivity contribution in [1.29, 1.82) is 0 Å². The highest BCUT2D eigenvalue weighted by Gasteiger charge is 2.13. The van der Waals surface area contributed by atoms with Gasteiger partial charge in [-0.3, -0.25) is 0 Å². The van der Waals surface area contributed by atoms with Crippen LogP contribution in [0.4, 0.5) is 5.95 Å². The molecule has 0 aliphatic carbocycles. The molecule has 1 aromatic heterocycles. The molecule has 86 valence electrons. The van der Waals surface area contributed by atoms with Gasteiger partial charge < -0.3 is 15.4 Å². The molecule has 0 saturated carbocycles. The Balaban J connectivity index is 2.20. The molecular weight excluding hydrogens is 202 g/mol. The number of aliphatic hydroxyl groups excluding tert-OH is 1. The summed E-state index contributed by atoms with van der Waals surface area (Å²) in [6.45, 7) is 4.24. The summed E-state index contributed by atoms with van der Waals surface area (Å²) in [6.07, 6.45) is 0. The SMILES string of the molecule is CC(C)C(CO)Nc1nc2ccccc2[nH]1. The Bertz CT molecular complexity index is 431. The summed E-state index contributed by atoms with van der Waals surface area (Å²) in [6, 6.07) is 7.90. The minimum absolute atomic E-state index is 0.0283. The molecule has 0 spiro atoms. The molecule has 3 N–H and O–H groups in total. The molecule has 0 saturated heterocycles. The first-order chi connectivity index (χ1) is 7.70. The lowest BCUT2D eigenvalue weighted by molar-refractivity contribution is 0.249. The van der Waals surface area contributed by atoms with E-state index in [1.807, 2.05) is 24.3 Å². The third-order valence-corrected chi connectivity index (χ3v) is 2.71. The fraction of sp³-hybridized carbons (Fsp3) is 0.417. The van der Waals surface area contributed by atoms with E-state index in [2.05, 4.69) is 29.1 Å². The Morgan fingerprint density at radius 3 is 2.75 bits per heavy atom. The predicted molar refractivity (Wildman–Crippen MR) is 65.4 cm³/mol. The summed E-state index contributed by atoms with van der Waals surface area (Å²) >= 11 is 0. The van der Waals surface area contributed by atoms with Gasteiger partial charge in [0.05, 0.1) is 23.7 Å². The smallest absolute Gasteiger partial charge is 0.201 e. The van der Waals surface area contributed by atoms with Crippen LogP contribution in [0.15, 0.2) is 24.3 Å². The number of rotatable bonds is 4. The second kappa shape index (κ2) is 4.53. The van der Waals surface area contributed by atoms with E-state index < -0.39 is 0 Å². The van der Waals surface area contributed by atoms with Gasteiger partial charge in [-0.1, -0.05) is 26.0 Å².